The average molecular weight is 552 g/mol. The first kappa shape index (κ1) is 27.6. The van der Waals surface area contributed by atoms with Crippen LogP contribution in [0.15, 0.2) is 24.3 Å². The molecule has 0 aromatic heterocycles. The minimum absolute atomic E-state index is 0.00532. The molecule has 2 bridgehead atoms. The topological polar surface area (TPSA) is 124 Å². The number of aryl methyl sites for hydroxylation is 1. The van der Waals surface area contributed by atoms with Gasteiger partial charge in [-0.1, -0.05) is 38.1 Å². The lowest BCUT2D eigenvalue weighted by Gasteiger charge is -2.47. The fraction of sp³-hybridized carbons (Fsp3) is 0.786. The van der Waals surface area contributed by atoms with Gasteiger partial charge in [0.15, 0.2) is 0 Å². The molecule has 5 unspecified atom stereocenters. The second kappa shape index (κ2) is 9.29. The molecule has 3 fully saturated rings. The molecule has 0 amide bonds. The summed E-state index contributed by atoms with van der Waals surface area (Å²) >= 11 is 0. The van der Waals surface area contributed by atoms with Gasteiger partial charge in [-0.05, 0) is 90.6 Å². The Morgan fingerprint density at radius 2 is 1.70 bits per heavy atom. The van der Waals surface area contributed by atoms with E-state index in [0.717, 1.165) is 44.9 Å². The van der Waals surface area contributed by atoms with Crippen molar-refractivity contribution in [1.82, 2.24) is 4.31 Å². The molecule has 4 N–H and O–H groups in total. The molecule has 9 heteroatoms. The van der Waals surface area contributed by atoms with Crippen LogP contribution in [0, 0.1) is 22.7 Å². The van der Waals surface area contributed by atoms with E-state index in [1.165, 1.54) is 17.4 Å². The lowest BCUT2D eigenvalue weighted by atomic mass is 9.64. The number of sulfone groups is 1. The average Bonchev–Trinajstić information content (AvgIpc) is 3.38. The number of nitrogens with zero attached hydrogens (tertiary/aromatic N) is 1. The van der Waals surface area contributed by atoms with Gasteiger partial charge < -0.3 is 11.5 Å². The number of hydrogen-bond acceptors (Lipinski definition) is 6. The van der Waals surface area contributed by atoms with Crippen molar-refractivity contribution in [1.29, 1.82) is 0 Å². The van der Waals surface area contributed by atoms with E-state index in [1.807, 2.05) is 0 Å². The van der Waals surface area contributed by atoms with Crippen LogP contribution in [0.5, 0.6) is 0 Å². The van der Waals surface area contributed by atoms with Crippen LogP contribution < -0.4 is 11.5 Å². The van der Waals surface area contributed by atoms with E-state index in [2.05, 4.69) is 38.1 Å². The first-order valence-electron chi connectivity index (χ1n) is 14.0. The molecule has 0 radical (unpaired) electrons. The first-order chi connectivity index (χ1) is 17.2. The molecule has 1 aromatic carbocycles. The van der Waals surface area contributed by atoms with Crippen LogP contribution in [0.4, 0.5) is 0 Å². The van der Waals surface area contributed by atoms with E-state index in [-0.39, 0.29) is 28.3 Å². The van der Waals surface area contributed by atoms with Gasteiger partial charge in [-0.15, -0.1) is 0 Å². The molecule has 208 valence electrons. The summed E-state index contributed by atoms with van der Waals surface area (Å²) < 4.78 is 53.2. The first-order valence-corrected chi connectivity index (χ1v) is 17.6. The van der Waals surface area contributed by atoms with Crippen molar-refractivity contribution in [2.75, 3.05) is 30.9 Å². The second-order valence-electron chi connectivity index (χ2n) is 13.2. The lowest BCUT2D eigenvalue weighted by molar-refractivity contribution is 0.0828. The van der Waals surface area contributed by atoms with Crippen molar-refractivity contribution in [3.63, 3.8) is 0 Å². The molecule has 37 heavy (non-hydrogen) atoms. The summed E-state index contributed by atoms with van der Waals surface area (Å²) in [4.78, 5) is 0. The Bertz CT molecular complexity index is 1240. The summed E-state index contributed by atoms with van der Waals surface area (Å²) in [6, 6.07) is 7.78. The molecule has 2 saturated carbocycles. The zero-order valence-electron chi connectivity index (χ0n) is 22.7. The summed E-state index contributed by atoms with van der Waals surface area (Å²) in [7, 11) is -6.63. The van der Waals surface area contributed by atoms with E-state index in [1.54, 1.807) is 4.31 Å². The van der Waals surface area contributed by atoms with Crippen molar-refractivity contribution >= 4 is 19.9 Å². The van der Waals surface area contributed by atoms with E-state index < -0.39 is 37.4 Å². The van der Waals surface area contributed by atoms with Gasteiger partial charge in [-0.3, -0.25) is 0 Å². The summed E-state index contributed by atoms with van der Waals surface area (Å²) in [6.45, 7) is 5.58. The molecular weight excluding hydrogens is 506 g/mol. The normalized spacial score (nSPS) is 32.5. The molecule has 1 spiro atoms. The lowest BCUT2D eigenvalue weighted by Crippen LogP contribution is -2.56. The maximum Gasteiger partial charge on any atom is 0.214 e. The third kappa shape index (κ3) is 4.60. The SMILES string of the molecule is CC1(C)C2CCC1(CS(=O)(=O)N1CCC3(CCc4ccccc43)CC1)C(C(N)C(N)CCS(C)(=O)=O)C2. The number of nitrogens with two attached hydrogens (primary N) is 2. The molecule has 5 atom stereocenters. The summed E-state index contributed by atoms with van der Waals surface area (Å²) in [5, 5.41) is 0. The third-order valence-electron chi connectivity index (χ3n) is 11.2. The summed E-state index contributed by atoms with van der Waals surface area (Å²) in [6.07, 6.45) is 8.20. The van der Waals surface area contributed by atoms with E-state index in [4.69, 9.17) is 11.5 Å². The molecule has 5 rings (SSSR count). The Kier molecular flexibility index (Phi) is 6.92. The molecule has 1 saturated heterocycles. The quantitative estimate of drug-likeness (QED) is 0.512. The van der Waals surface area contributed by atoms with Gasteiger partial charge in [0.2, 0.25) is 10.0 Å². The van der Waals surface area contributed by atoms with Crippen molar-refractivity contribution in [2.45, 2.75) is 82.7 Å². The highest BCUT2D eigenvalue weighted by molar-refractivity contribution is 7.90. The van der Waals surface area contributed by atoms with Crippen LogP contribution in [0.2, 0.25) is 0 Å². The monoisotopic (exact) mass is 551 g/mol. The Balaban J connectivity index is 1.33. The number of fused-ring (bicyclic) bond motifs is 4. The number of piperidine rings is 1. The van der Waals surface area contributed by atoms with Crippen LogP contribution in [0.25, 0.3) is 0 Å². The highest BCUT2D eigenvalue weighted by atomic mass is 32.2. The van der Waals surface area contributed by atoms with Crippen molar-refractivity contribution in [3.8, 4) is 0 Å². The van der Waals surface area contributed by atoms with E-state index >= 15 is 0 Å². The third-order valence-corrected chi connectivity index (χ3v) is 14.3. The minimum Gasteiger partial charge on any atom is -0.326 e. The minimum atomic E-state index is -3.49. The Labute approximate surface area is 223 Å². The van der Waals surface area contributed by atoms with Crippen LogP contribution in [-0.4, -0.2) is 64.1 Å². The highest BCUT2D eigenvalue weighted by Gasteiger charge is 2.66. The van der Waals surface area contributed by atoms with Crippen LogP contribution in [0.1, 0.15) is 69.9 Å². The number of rotatable bonds is 8. The van der Waals surface area contributed by atoms with Gasteiger partial charge in [0.25, 0.3) is 0 Å². The zero-order valence-corrected chi connectivity index (χ0v) is 24.3. The van der Waals surface area contributed by atoms with Crippen LogP contribution >= 0.6 is 0 Å². The summed E-state index contributed by atoms with van der Waals surface area (Å²) in [5.41, 5.74) is 15.6. The Morgan fingerprint density at radius 3 is 2.35 bits per heavy atom. The second-order valence-corrected chi connectivity index (χ2v) is 17.4. The Morgan fingerprint density at radius 1 is 1.03 bits per heavy atom. The van der Waals surface area contributed by atoms with Crippen LogP contribution in [0.3, 0.4) is 0 Å². The number of sulfonamides is 1. The fourth-order valence-corrected chi connectivity index (χ4v) is 11.8. The molecule has 7 nitrogen and oxygen atoms in total. The van der Waals surface area contributed by atoms with Gasteiger partial charge in [-0.2, -0.15) is 0 Å². The van der Waals surface area contributed by atoms with Gasteiger partial charge in [0, 0.05) is 31.4 Å². The number of benzene rings is 1. The van der Waals surface area contributed by atoms with Gasteiger partial charge in [-0.25, -0.2) is 21.1 Å². The summed E-state index contributed by atoms with van der Waals surface area (Å²) in [5.74, 6) is 0.513. The largest absolute Gasteiger partial charge is 0.326 e. The highest BCUT2D eigenvalue weighted by Crippen LogP contribution is 2.69. The Hall–Kier alpha value is -1.00. The number of hydrogen-bond donors (Lipinski definition) is 2. The predicted molar refractivity (Wildman–Crippen MR) is 148 cm³/mol. The zero-order chi connectivity index (χ0) is 26.9. The maximum absolute atomic E-state index is 14.0. The van der Waals surface area contributed by atoms with Crippen molar-refractivity contribution in [2.24, 2.45) is 34.1 Å². The van der Waals surface area contributed by atoms with Crippen molar-refractivity contribution in [3.05, 3.63) is 35.4 Å². The fourth-order valence-electron chi connectivity index (χ4n) is 8.75. The standard InChI is InChI=1S/C28H45N3O4S2/c1-26(2)21-9-12-28(26,23(18-21)25(30)24(29)10-17-36(3,32)33)19-37(34,35)31-15-13-27(14-16-31)11-8-20-6-4-5-7-22(20)27/h4-7,21,23-25H,8-19,29-30H2,1-3H3. The van der Waals surface area contributed by atoms with Crippen molar-refractivity contribution < 1.29 is 16.8 Å². The van der Waals surface area contributed by atoms with E-state index in [9.17, 15) is 16.8 Å². The van der Waals surface area contributed by atoms with E-state index in [0.29, 0.717) is 25.4 Å². The van der Waals surface area contributed by atoms with Gasteiger partial charge in [0.1, 0.15) is 9.84 Å². The van der Waals surface area contributed by atoms with Gasteiger partial charge >= 0.3 is 0 Å². The molecular formula is C28H45N3O4S2. The predicted octanol–water partition coefficient (Wildman–Crippen LogP) is 2.83. The maximum atomic E-state index is 14.0. The molecule has 1 aromatic rings. The molecule has 3 aliphatic carbocycles. The van der Waals surface area contributed by atoms with Crippen LogP contribution in [-0.2, 0) is 31.7 Å². The molecule has 1 aliphatic heterocycles. The van der Waals surface area contributed by atoms with Gasteiger partial charge in [0.05, 0.1) is 11.5 Å². The molecule has 1 heterocycles. The smallest absolute Gasteiger partial charge is 0.214 e. The molecule has 4 aliphatic rings.